The van der Waals surface area contributed by atoms with E-state index in [-0.39, 0.29) is 5.91 Å². The van der Waals surface area contributed by atoms with Crippen LogP contribution in [0.5, 0.6) is 0 Å². The Kier molecular flexibility index (Phi) is 3.84. The van der Waals surface area contributed by atoms with E-state index in [9.17, 15) is 4.79 Å². The molecule has 1 atom stereocenters. The zero-order valence-corrected chi connectivity index (χ0v) is 11.1. The van der Waals surface area contributed by atoms with Crippen molar-refractivity contribution in [1.82, 2.24) is 9.88 Å². The first-order chi connectivity index (χ1) is 8.56. The van der Waals surface area contributed by atoms with Gasteiger partial charge in [-0.2, -0.15) is 0 Å². The maximum Gasteiger partial charge on any atom is 0.254 e. The minimum atomic E-state index is 0.0845. The monoisotopic (exact) mass is 247 g/mol. The van der Waals surface area contributed by atoms with Crippen molar-refractivity contribution < 1.29 is 4.79 Å². The van der Waals surface area contributed by atoms with Gasteiger partial charge in [-0.1, -0.05) is 6.92 Å². The van der Waals surface area contributed by atoms with Gasteiger partial charge in [-0.25, -0.2) is 4.98 Å². The van der Waals surface area contributed by atoms with E-state index in [2.05, 4.69) is 11.9 Å². The van der Waals surface area contributed by atoms with Crippen LogP contribution in [0.4, 0.5) is 5.82 Å². The first kappa shape index (κ1) is 12.9. The van der Waals surface area contributed by atoms with Gasteiger partial charge in [-0.15, -0.1) is 0 Å². The third-order valence-corrected chi connectivity index (χ3v) is 3.52. The smallest absolute Gasteiger partial charge is 0.254 e. The fourth-order valence-corrected chi connectivity index (χ4v) is 2.47. The number of hydrogen-bond donors (Lipinski definition) is 1. The Morgan fingerprint density at radius 3 is 2.89 bits per heavy atom. The molecule has 0 bridgehead atoms. The Balaban J connectivity index is 2.14. The number of likely N-dealkylation sites (tertiary alicyclic amines) is 1. The molecule has 1 amide bonds. The van der Waals surface area contributed by atoms with Crippen LogP contribution in [0.3, 0.4) is 0 Å². The number of anilines is 1. The molecule has 2 N–H and O–H groups in total. The van der Waals surface area contributed by atoms with E-state index in [1.165, 1.54) is 6.42 Å². The van der Waals surface area contributed by atoms with Gasteiger partial charge >= 0.3 is 0 Å². The summed E-state index contributed by atoms with van der Waals surface area (Å²) in [5.74, 6) is 1.22. The summed E-state index contributed by atoms with van der Waals surface area (Å²) in [6.45, 7) is 5.81. The van der Waals surface area contributed by atoms with Crippen LogP contribution in [-0.4, -0.2) is 28.9 Å². The number of nitrogen functional groups attached to an aromatic ring is 1. The highest BCUT2D eigenvalue weighted by Crippen LogP contribution is 2.19. The summed E-state index contributed by atoms with van der Waals surface area (Å²) in [4.78, 5) is 18.4. The summed E-state index contributed by atoms with van der Waals surface area (Å²) in [7, 11) is 0. The lowest BCUT2D eigenvalue weighted by atomic mass is 10.0. The third-order valence-electron chi connectivity index (χ3n) is 3.52. The van der Waals surface area contributed by atoms with Gasteiger partial charge in [-0.05, 0) is 44.2 Å². The van der Waals surface area contributed by atoms with Crippen LogP contribution in [0.1, 0.15) is 42.2 Å². The molecule has 0 saturated carbocycles. The Morgan fingerprint density at radius 1 is 1.39 bits per heavy atom. The molecule has 1 aliphatic heterocycles. The van der Waals surface area contributed by atoms with Crippen LogP contribution in [0.15, 0.2) is 12.1 Å². The number of aromatic nitrogens is 1. The molecule has 1 aromatic heterocycles. The van der Waals surface area contributed by atoms with Crippen molar-refractivity contribution in [3.05, 3.63) is 23.4 Å². The molecule has 1 aliphatic rings. The van der Waals surface area contributed by atoms with Crippen LogP contribution in [-0.2, 0) is 0 Å². The molecule has 18 heavy (non-hydrogen) atoms. The largest absolute Gasteiger partial charge is 0.384 e. The van der Waals surface area contributed by atoms with Crippen molar-refractivity contribution in [2.45, 2.75) is 33.1 Å². The van der Waals surface area contributed by atoms with Crippen LogP contribution >= 0.6 is 0 Å². The Hall–Kier alpha value is -1.58. The molecule has 0 aliphatic carbocycles. The molecule has 0 aromatic carbocycles. The van der Waals surface area contributed by atoms with Crippen molar-refractivity contribution in [3.63, 3.8) is 0 Å². The second-order valence-corrected chi connectivity index (χ2v) is 5.25. The third kappa shape index (κ3) is 3.00. The molecular formula is C14H21N3O. The summed E-state index contributed by atoms with van der Waals surface area (Å²) in [6.07, 6.45) is 3.39. The molecule has 1 saturated heterocycles. The van der Waals surface area contributed by atoms with Crippen molar-refractivity contribution in [2.24, 2.45) is 5.92 Å². The second kappa shape index (κ2) is 5.38. The number of nitrogens with zero attached hydrogens (tertiary/aromatic N) is 2. The van der Waals surface area contributed by atoms with Crippen molar-refractivity contribution >= 4 is 11.7 Å². The molecule has 2 rings (SSSR count). The molecule has 1 unspecified atom stereocenters. The van der Waals surface area contributed by atoms with Gasteiger partial charge in [0.2, 0.25) is 0 Å². The number of hydrogen-bond acceptors (Lipinski definition) is 3. The van der Waals surface area contributed by atoms with E-state index in [0.29, 0.717) is 17.3 Å². The molecule has 2 heterocycles. The molecule has 1 aromatic rings. The number of pyridine rings is 1. The number of carbonyl (C=O) groups is 1. The SMILES string of the molecule is Cc1cc(C(=O)N2CCCC(C)CC2)cc(N)n1. The van der Waals surface area contributed by atoms with Gasteiger partial charge in [0.25, 0.3) is 5.91 Å². The number of rotatable bonds is 1. The average Bonchev–Trinajstić information content (AvgIpc) is 2.52. The summed E-state index contributed by atoms with van der Waals surface area (Å²) in [5.41, 5.74) is 7.15. The van der Waals surface area contributed by atoms with Crippen molar-refractivity contribution in [3.8, 4) is 0 Å². The minimum absolute atomic E-state index is 0.0845. The first-order valence-corrected chi connectivity index (χ1v) is 6.59. The van der Waals surface area contributed by atoms with Crippen LogP contribution in [0.25, 0.3) is 0 Å². The predicted molar refractivity (Wildman–Crippen MR) is 72.3 cm³/mol. The normalized spacial score (nSPS) is 20.6. The Bertz CT molecular complexity index is 424. The van der Waals surface area contributed by atoms with Gasteiger partial charge in [0.15, 0.2) is 0 Å². The van der Waals surface area contributed by atoms with Gasteiger partial charge in [0.05, 0.1) is 0 Å². The van der Waals surface area contributed by atoms with Gasteiger partial charge < -0.3 is 10.6 Å². The average molecular weight is 247 g/mol. The Morgan fingerprint density at radius 2 is 2.17 bits per heavy atom. The highest BCUT2D eigenvalue weighted by Gasteiger charge is 2.20. The molecule has 0 radical (unpaired) electrons. The van der Waals surface area contributed by atoms with Crippen LogP contribution in [0, 0.1) is 12.8 Å². The lowest BCUT2D eigenvalue weighted by Crippen LogP contribution is -2.32. The first-order valence-electron chi connectivity index (χ1n) is 6.59. The van der Waals surface area contributed by atoms with Crippen molar-refractivity contribution in [1.29, 1.82) is 0 Å². The predicted octanol–water partition coefficient (Wildman–Crippen LogP) is 2.23. The zero-order chi connectivity index (χ0) is 13.1. The molecule has 4 heteroatoms. The topological polar surface area (TPSA) is 59.2 Å². The van der Waals surface area contributed by atoms with E-state index in [4.69, 9.17) is 5.73 Å². The maximum absolute atomic E-state index is 12.4. The molecule has 0 spiro atoms. The standard InChI is InChI=1S/C14H21N3O/c1-10-4-3-6-17(7-5-10)14(18)12-8-11(2)16-13(15)9-12/h8-10H,3-7H2,1-2H3,(H2,15,16). The summed E-state index contributed by atoms with van der Waals surface area (Å²) >= 11 is 0. The van der Waals surface area contributed by atoms with Gasteiger partial charge in [-0.3, -0.25) is 4.79 Å². The van der Waals surface area contributed by atoms with E-state index in [1.807, 2.05) is 17.9 Å². The fourth-order valence-electron chi connectivity index (χ4n) is 2.47. The zero-order valence-electron chi connectivity index (χ0n) is 11.1. The number of carbonyl (C=O) groups excluding carboxylic acids is 1. The summed E-state index contributed by atoms with van der Waals surface area (Å²) in [6, 6.07) is 3.48. The number of amides is 1. The van der Waals surface area contributed by atoms with Crippen LogP contribution in [0.2, 0.25) is 0 Å². The molecule has 98 valence electrons. The summed E-state index contributed by atoms with van der Waals surface area (Å²) < 4.78 is 0. The Labute approximate surface area is 108 Å². The van der Waals surface area contributed by atoms with Crippen LogP contribution < -0.4 is 5.73 Å². The molecule has 1 fully saturated rings. The fraction of sp³-hybridized carbons (Fsp3) is 0.571. The van der Waals surface area contributed by atoms with E-state index in [0.717, 1.165) is 31.6 Å². The number of nitrogens with two attached hydrogens (primary N) is 1. The highest BCUT2D eigenvalue weighted by atomic mass is 16.2. The second-order valence-electron chi connectivity index (χ2n) is 5.25. The maximum atomic E-state index is 12.4. The van der Waals surface area contributed by atoms with Gasteiger partial charge in [0, 0.05) is 24.3 Å². The van der Waals surface area contributed by atoms with Gasteiger partial charge in [0.1, 0.15) is 5.82 Å². The quantitative estimate of drug-likeness (QED) is 0.828. The lowest BCUT2D eigenvalue weighted by Gasteiger charge is -2.20. The molecular weight excluding hydrogens is 226 g/mol. The summed E-state index contributed by atoms with van der Waals surface area (Å²) in [5, 5.41) is 0. The van der Waals surface area contributed by atoms with E-state index < -0.39 is 0 Å². The van der Waals surface area contributed by atoms with Crippen molar-refractivity contribution in [2.75, 3.05) is 18.8 Å². The molecule has 4 nitrogen and oxygen atoms in total. The lowest BCUT2D eigenvalue weighted by molar-refractivity contribution is 0.0760. The highest BCUT2D eigenvalue weighted by molar-refractivity contribution is 5.95. The van der Waals surface area contributed by atoms with E-state index >= 15 is 0 Å². The minimum Gasteiger partial charge on any atom is -0.384 e. The van der Waals surface area contributed by atoms with E-state index in [1.54, 1.807) is 6.07 Å². The number of aryl methyl sites for hydroxylation is 1.